The van der Waals surface area contributed by atoms with E-state index in [-0.39, 0.29) is 0 Å². The normalized spacial score (nSPS) is 10.3. The first-order valence-corrected chi connectivity index (χ1v) is 7.73. The summed E-state index contributed by atoms with van der Waals surface area (Å²) in [5, 5.41) is 15.1. The minimum atomic E-state index is 0.291. The van der Waals surface area contributed by atoms with Crippen LogP contribution >= 0.6 is 23.2 Å². The van der Waals surface area contributed by atoms with Crippen LogP contribution < -0.4 is 15.4 Å². The van der Waals surface area contributed by atoms with Crippen LogP contribution in [0.15, 0.2) is 48.7 Å². The molecule has 6 nitrogen and oxygen atoms in total. The number of nitrogens with zero attached hydrogens (tertiary/aromatic N) is 3. The summed E-state index contributed by atoms with van der Waals surface area (Å²) >= 11 is 12.1. The summed E-state index contributed by atoms with van der Waals surface area (Å²) in [6.07, 6.45) is 1.51. The first-order valence-electron chi connectivity index (χ1n) is 6.97. The summed E-state index contributed by atoms with van der Waals surface area (Å²) in [4.78, 5) is 4.36. The molecule has 0 aliphatic rings. The lowest BCUT2D eigenvalue weighted by atomic mass is 10.3. The highest BCUT2D eigenvalue weighted by molar-refractivity contribution is 6.35. The van der Waals surface area contributed by atoms with E-state index in [1.54, 1.807) is 25.3 Å². The number of hydrogen-bond acceptors (Lipinski definition) is 6. The lowest BCUT2D eigenvalue weighted by molar-refractivity contribution is 0.417. The molecule has 2 aromatic carbocycles. The molecule has 0 saturated heterocycles. The number of aromatic nitrogens is 3. The van der Waals surface area contributed by atoms with Crippen molar-refractivity contribution in [2.24, 2.45) is 0 Å². The molecule has 0 radical (unpaired) electrons. The quantitative estimate of drug-likeness (QED) is 0.687. The van der Waals surface area contributed by atoms with Gasteiger partial charge in [-0.2, -0.15) is 10.1 Å². The molecular formula is C16H13Cl2N5O. The van der Waals surface area contributed by atoms with Crippen molar-refractivity contribution in [2.75, 3.05) is 17.7 Å². The topological polar surface area (TPSA) is 72.0 Å². The molecule has 1 heterocycles. The number of halogens is 2. The Kier molecular flexibility index (Phi) is 4.98. The van der Waals surface area contributed by atoms with Gasteiger partial charge in [-0.1, -0.05) is 35.3 Å². The summed E-state index contributed by atoms with van der Waals surface area (Å²) in [5.74, 6) is 1.50. The molecule has 0 unspecified atom stereocenters. The second-order valence-corrected chi connectivity index (χ2v) is 5.58. The Hall–Kier alpha value is -2.57. The zero-order valence-corrected chi connectivity index (χ0v) is 14.1. The number of ether oxygens (including phenoxy) is 1. The number of anilines is 4. The van der Waals surface area contributed by atoms with Crippen LogP contribution in [0.5, 0.6) is 5.75 Å². The SMILES string of the molecule is COc1ccccc1Nc1cnnc(Nc2cc(Cl)ccc2Cl)n1. The number of rotatable bonds is 5. The Morgan fingerprint density at radius 3 is 2.67 bits per heavy atom. The predicted octanol–water partition coefficient (Wildman–Crippen LogP) is 4.67. The van der Waals surface area contributed by atoms with Crippen molar-refractivity contribution in [3.05, 3.63) is 58.7 Å². The molecule has 0 aliphatic heterocycles. The van der Waals surface area contributed by atoms with Gasteiger partial charge in [0.15, 0.2) is 5.82 Å². The Bertz CT molecular complexity index is 859. The van der Waals surface area contributed by atoms with Crippen LogP contribution in [0.3, 0.4) is 0 Å². The number of methoxy groups -OCH3 is 1. The predicted molar refractivity (Wildman–Crippen MR) is 95.8 cm³/mol. The van der Waals surface area contributed by atoms with Gasteiger partial charge in [-0.3, -0.25) is 0 Å². The van der Waals surface area contributed by atoms with E-state index >= 15 is 0 Å². The molecule has 2 N–H and O–H groups in total. The van der Waals surface area contributed by atoms with Gasteiger partial charge in [-0.15, -0.1) is 5.10 Å². The van der Waals surface area contributed by atoms with Gasteiger partial charge in [-0.05, 0) is 30.3 Å². The average molecular weight is 362 g/mol. The summed E-state index contributed by atoms with van der Waals surface area (Å²) in [7, 11) is 1.60. The van der Waals surface area contributed by atoms with Crippen LogP contribution in [0.4, 0.5) is 23.1 Å². The standard InChI is InChI=1S/C16H13Cl2N5O/c1-24-14-5-3-2-4-12(14)20-15-9-19-23-16(22-15)21-13-8-10(17)6-7-11(13)18/h2-9H,1H3,(H2,20,21,22,23). The van der Waals surface area contributed by atoms with E-state index in [0.717, 1.165) is 5.69 Å². The fourth-order valence-electron chi connectivity index (χ4n) is 2.02. The van der Waals surface area contributed by atoms with E-state index in [0.29, 0.717) is 33.2 Å². The molecule has 24 heavy (non-hydrogen) atoms. The summed E-state index contributed by atoms with van der Waals surface area (Å²) < 4.78 is 5.30. The van der Waals surface area contributed by atoms with Gasteiger partial charge in [-0.25, -0.2) is 0 Å². The highest BCUT2D eigenvalue weighted by atomic mass is 35.5. The van der Waals surface area contributed by atoms with E-state index in [2.05, 4.69) is 25.8 Å². The van der Waals surface area contributed by atoms with Crippen LogP contribution in [0.2, 0.25) is 10.0 Å². The second kappa shape index (κ2) is 7.33. The average Bonchev–Trinajstić information content (AvgIpc) is 2.59. The van der Waals surface area contributed by atoms with Gasteiger partial charge < -0.3 is 15.4 Å². The van der Waals surface area contributed by atoms with Gasteiger partial charge >= 0.3 is 0 Å². The number of para-hydroxylation sites is 2. The smallest absolute Gasteiger partial charge is 0.249 e. The Morgan fingerprint density at radius 2 is 1.83 bits per heavy atom. The molecule has 0 amide bonds. The Balaban J connectivity index is 1.83. The summed E-state index contributed by atoms with van der Waals surface area (Å²) in [6.45, 7) is 0. The van der Waals surface area contributed by atoms with Gasteiger partial charge in [0.05, 0.1) is 29.7 Å². The second-order valence-electron chi connectivity index (χ2n) is 4.74. The van der Waals surface area contributed by atoms with E-state index in [9.17, 15) is 0 Å². The van der Waals surface area contributed by atoms with Crippen LogP contribution in [0, 0.1) is 0 Å². The molecule has 1 aromatic heterocycles. The third-order valence-electron chi connectivity index (χ3n) is 3.10. The molecular weight excluding hydrogens is 349 g/mol. The third-order valence-corrected chi connectivity index (χ3v) is 3.67. The molecule has 3 rings (SSSR count). The Labute approximate surface area is 148 Å². The minimum Gasteiger partial charge on any atom is -0.495 e. The maximum atomic E-state index is 6.13. The number of nitrogens with one attached hydrogen (secondary N) is 2. The Morgan fingerprint density at radius 1 is 1.00 bits per heavy atom. The highest BCUT2D eigenvalue weighted by Crippen LogP contribution is 2.28. The third kappa shape index (κ3) is 3.84. The van der Waals surface area contributed by atoms with Gasteiger partial charge in [0.25, 0.3) is 0 Å². The van der Waals surface area contributed by atoms with Crippen molar-refractivity contribution in [3.63, 3.8) is 0 Å². The van der Waals surface area contributed by atoms with E-state index in [4.69, 9.17) is 27.9 Å². The maximum absolute atomic E-state index is 6.13. The molecule has 0 aliphatic carbocycles. The molecule has 122 valence electrons. The molecule has 0 spiro atoms. The molecule has 0 fully saturated rings. The number of hydrogen-bond donors (Lipinski definition) is 2. The molecule has 3 aromatic rings. The molecule has 8 heteroatoms. The molecule has 0 atom stereocenters. The van der Waals surface area contributed by atoms with Crippen LogP contribution in [-0.2, 0) is 0 Å². The van der Waals surface area contributed by atoms with Gasteiger partial charge in [0.1, 0.15) is 5.75 Å². The van der Waals surface area contributed by atoms with Crippen molar-refractivity contribution in [1.82, 2.24) is 15.2 Å². The monoisotopic (exact) mass is 361 g/mol. The zero-order chi connectivity index (χ0) is 16.9. The van der Waals surface area contributed by atoms with Crippen molar-refractivity contribution >= 4 is 46.3 Å². The van der Waals surface area contributed by atoms with Crippen molar-refractivity contribution in [2.45, 2.75) is 0 Å². The molecule has 0 saturated carbocycles. The lowest BCUT2D eigenvalue weighted by Gasteiger charge is -2.11. The summed E-state index contributed by atoms with van der Waals surface area (Å²) in [5.41, 5.74) is 1.37. The molecule has 0 bridgehead atoms. The minimum absolute atomic E-state index is 0.291. The van der Waals surface area contributed by atoms with Crippen LogP contribution in [0.1, 0.15) is 0 Å². The largest absolute Gasteiger partial charge is 0.495 e. The van der Waals surface area contributed by atoms with Crippen molar-refractivity contribution < 1.29 is 4.74 Å². The zero-order valence-electron chi connectivity index (χ0n) is 12.6. The maximum Gasteiger partial charge on any atom is 0.249 e. The van der Waals surface area contributed by atoms with Gasteiger partial charge in [0.2, 0.25) is 5.95 Å². The lowest BCUT2D eigenvalue weighted by Crippen LogP contribution is -2.03. The van der Waals surface area contributed by atoms with Crippen molar-refractivity contribution in [1.29, 1.82) is 0 Å². The highest BCUT2D eigenvalue weighted by Gasteiger charge is 2.07. The van der Waals surface area contributed by atoms with Crippen molar-refractivity contribution in [3.8, 4) is 5.75 Å². The fourth-order valence-corrected chi connectivity index (χ4v) is 2.35. The van der Waals surface area contributed by atoms with E-state index in [1.807, 2.05) is 24.3 Å². The fraction of sp³-hybridized carbons (Fsp3) is 0.0625. The van der Waals surface area contributed by atoms with E-state index in [1.165, 1.54) is 6.20 Å². The van der Waals surface area contributed by atoms with Crippen LogP contribution in [0.25, 0.3) is 0 Å². The summed E-state index contributed by atoms with van der Waals surface area (Å²) in [6, 6.07) is 12.6. The van der Waals surface area contributed by atoms with Gasteiger partial charge in [0, 0.05) is 5.02 Å². The first kappa shape index (κ1) is 16.3. The first-order chi connectivity index (χ1) is 11.7. The van der Waals surface area contributed by atoms with Crippen LogP contribution in [-0.4, -0.2) is 22.3 Å². The number of benzene rings is 2. The van der Waals surface area contributed by atoms with E-state index < -0.39 is 0 Å².